The third-order valence-electron chi connectivity index (χ3n) is 6.08. The summed E-state index contributed by atoms with van der Waals surface area (Å²) in [5.41, 5.74) is 0.614. The van der Waals surface area contributed by atoms with E-state index in [9.17, 15) is 37.4 Å². The molecule has 4 rings (SSSR count). The maximum absolute atomic E-state index is 14.5. The summed E-state index contributed by atoms with van der Waals surface area (Å²) < 4.78 is 49.6. The molecule has 15 heteroatoms. The minimum Gasteiger partial charge on any atom is -0.346 e. The number of carbonyl (C=O) groups excluding carboxylic acids is 4. The van der Waals surface area contributed by atoms with Gasteiger partial charge in [-0.2, -0.15) is 13.4 Å². The molecule has 0 bridgehead atoms. The SMILES string of the molecule is COP(=O)(O)ON1C(=O)CCC(N2Cc3cc(CNC(=O)C(F)(F)c4ccc(Cl)cc4)ccc3C2=O)C1=O. The Morgan fingerprint density at radius 1 is 1.21 bits per heavy atom. The molecule has 0 radical (unpaired) electrons. The predicted octanol–water partition coefficient (Wildman–Crippen LogP) is 2.90. The summed E-state index contributed by atoms with van der Waals surface area (Å²) in [6, 6.07) is 7.90. The van der Waals surface area contributed by atoms with Gasteiger partial charge >= 0.3 is 13.7 Å². The fourth-order valence-electron chi connectivity index (χ4n) is 4.10. The first-order chi connectivity index (χ1) is 17.8. The first kappa shape index (κ1) is 27.8. The number of halogens is 3. The van der Waals surface area contributed by atoms with Gasteiger partial charge in [-0.25, -0.2) is 4.57 Å². The van der Waals surface area contributed by atoms with E-state index in [1.807, 2.05) is 0 Å². The molecular formula is C23H21ClF2N3O8P. The lowest BCUT2D eigenvalue weighted by Crippen LogP contribution is -2.54. The van der Waals surface area contributed by atoms with Crippen LogP contribution in [-0.2, 0) is 47.1 Å². The van der Waals surface area contributed by atoms with Crippen LogP contribution in [0, 0.1) is 0 Å². The Morgan fingerprint density at radius 3 is 2.55 bits per heavy atom. The average molecular weight is 572 g/mol. The lowest BCUT2D eigenvalue weighted by Gasteiger charge is -2.34. The number of fused-ring (bicyclic) bond motifs is 1. The molecule has 2 aliphatic rings. The molecule has 1 saturated heterocycles. The van der Waals surface area contributed by atoms with Crippen molar-refractivity contribution in [1.82, 2.24) is 15.3 Å². The van der Waals surface area contributed by atoms with Crippen LogP contribution in [0.5, 0.6) is 0 Å². The molecule has 4 amide bonds. The molecule has 2 aliphatic heterocycles. The second-order valence-corrected chi connectivity index (χ2v) is 10.4. The number of amides is 4. The summed E-state index contributed by atoms with van der Waals surface area (Å²) >= 11 is 5.71. The highest BCUT2D eigenvalue weighted by Gasteiger charge is 2.46. The number of nitrogens with one attached hydrogen (secondary N) is 1. The Morgan fingerprint density at radius 2 is 1.89 bits per heavy atom. The zero-order valence-electron chi connectivity index (χ0n) is 19.7. The molecule has 2 unspecified atom stereocenters. The van der Waals surface area contributed by atoms with Gasteiger partial charge in [0.05, 0.1) is 0 Å². The molecule has 2 aromatic rings. The number of phosphoric ester groups is 1. The minimum absolute atomic E-state index is 0.0390. The number of hydrogen-bond acceptors (Lipinski definition) is 7. The van der Waals surface area contributed by atoms with Gasteiger partial charge < -0.3 is 15.1 Å². The van der Waals surface area contributed by atoms with Crippen LogP contribution in [0.25, 0.3) is 0 Å². The molecule has 202 valence electrons. The lowest BCUT2D eigenvalue weighted by atomic mass is 10.0. The van der Waals surface area contributed by atoms with E-state index >= 15 is 0 Å². The van der Waals surface area contributed by atoms with Crippen molar-refractivity contribution < 1.29 is 46.6 Å². The van der Waals surface area contributed by atoms with E-state index in [4.69, 9.17) is 11.6 Å². The quantitative estimate of drug-likeness (QED) is 0.364. The van der Waals surface area contributed by atoms with Crippen LogP contribution < -0.4 is 5.32 Å². The summed E-state index contributed by atoms with van der Waals surface area (Å²) in [7, 11) is -3.86. The Bertz CT molecular complexity index is 1360. The lowest BCUT2D eigenvalue weighted by molar-refractivity contribution is -0.184. The topological polar surface area (TPSA) is 143 Å². The second kappa shape index (κ2) is 10.5. The van der Waals surface area contributed by atoms with Gasteiger partial charge in [0.2, 0.25) is 0 Å². The van der Waals surface area contributed by atoms with Crippen molar-refractivity contribution in [2.24, 2.45) is 0 Å². The van der Waals surface area contributed by atoms with E-state index in [-0.39, 0.29) is 41.6 Å². The van der Waals surface area contributed by atoms with Gasteiger partial charge in [-0.15, -0.1) is 5.06 Å². The second-order valence-electron chi connectivity index (χ2n) is 8.50. The molecule has 0 saturated carbocycles. The molecule has 2 aromatic carbocycles. The zero-order valence-corrected chi connectivity index (χ0v) is 21.4. The van der Waals surface area contributed by atoms with E-state index in [0.29, 0.717) is 11.1 Å². The molecule has 1 fully saturated rings. The highest BCUT2D eigenvalue weighted by Crippen LogP contribution is 2.44. The fraction of sp³-hybridized carbons (Fsp3) is 0.304. The van der Waals surface area contributed by atoms with Gasteiger partial charge in [-0.05, 0) is 35.7 Å². The number of piperidine rings is 1. The number of carbonyl (C=O) groups is 4. The number of hydroxylamine groups is 2. The van der Waals surface area contributed by atoms with Crippen molar-refractivity contribution in [3.8, 4) is 0 Å². The van der Waals surface area contributed by atoms with Gasteiger partial charge in [-0.1, -0.05) is 35.9 Å². The number of alkyl halides is 2. The Balaban J connectivity index is 1.44. The summed E-state index contributed by atoms with van der Waals surface area (Å²) in [6.45, 7) is -0.318. The molecule has 0 aromatic heterocycles. The molecule has 2 atom stereocenters. The van der Waals surface area contributed by atoms with Crippen molar-refractivity contribution in [3.05, 3.63) is 69.7 Å². The van der Waals surface area contributed by atoms with Crippen molar-refractivity contribution >= 4 is 43.1 Å². The highest BCUT2D eigenvalue weighted by atomic mass is 35.5. The van der Waals surface area contributed by atoms with Gasteiger partial charge in [0.15, 0.2) is 0 Å². The highest BCUT2D eigenvalue weighted by molar-refractivity contribution is 7.47. The number of rotatable bonds is 8. The number of phosphoric acid groups is 1. The normalized spacial score (nSPS) is 19.4. The van der Waals surface area contributed by atoms with Crippen LogP contribution in [0.15, 0.2) is 42.5 Å². The van der Waals surface area contributed by atoms with Crippen molar-refractivity contribution in [2.45, 2.75) is 37.9 Å². The molecule has 2 heterocycles. The monoisotopic (exact) mass is 571 g/mol. The van der Waals surface area contributed by atoms with Crippen molar-refractivity contribution in [2.75, 3.05) is 7.11 Å². The standard InChI is InChI=1S/C23H21ClF2N3O8P/c1-36-38(34,35)37-29-19(30)9-8-18(21(29)32)28-12-14-10-13(2-7-17(14)20(28)31)11-27-22(33)23(25,26)15-3-5-16(24)6-4-15/h2-7,10,18H,8-9,11-12H2,1H3,(H,27,33)(H,34,35). The van der Waals surface area contributed by atoms with E-state index in [1.54, 1.807) is 0 Å². The van der Waals surface area contributed by atoms with Gasteiger partial charge in [-0.3, -0.25) is 23.7 Å². The number of imide groups is 1. The van der Waals surface area contributed by atoms with Crippen molar-refractivity contribution in [1.29, 1.82) is 0 Å². The van der Waals surface area contributed by atoms with Crippen molar-refractivity contribution in [3.63, 3.8) is 0 Å². The number of benzene rings is 2. The average Bonchev–Trinajstić information content (AvgIpc) is 3.20. The zero-order chi connectivity index (χ0) is 27.8. The number of hydrogen-bond donors (Lipinski definition) is 2. The molecule has 0 spiro atoms. The molecule has 2 N–H and O–H groups in total. The molecule has 38 heavy (non-hydrogen) atoms. The Labute approximate surface area is 219 Å². The third kappa shape index (κ3) is 5.47. The summed E-state index contributed by atoms with van der Waals surface area (Å²) in [5, 5.41) is 2.56. The first-order valence-electron chi connectivity index (χ1n) is 11.1. The van der Waals surface area contributed by atoms with Crippen LogP contribution in [-0.4, -0.2) is 51.6 Å². The van der Waals surface area contributed by atoms with E-state index < -0.39 is 49.0 Å². The summed E-state index contributed by atoms with van der Waals surface area (Å²) in [6.07, 6.45) is -0.276. The Kier molecular flexibility index (Phi) is 7.69. The van der Waals surface area contributed by atoms with Crippen LogP contribution in [0.4, 0.5) is 8.78 Å². The van der Waals surface area contributed by atoms with Crippen LogP contribution in [0.1, 0.15) is 39.9 Å². The molecular weight excluding hydrogens is 551 g/mol. The molecule has 11 nitrogen and oxygen atoms in total. The minimum atomic E-state index is -4.72. The van der Waals surface area contributed by atoms with Crippen LogP contribution in [0.2, 0.25) is 5.02 Å². The smallest absolute Gasteiger partial charge is 0.346 e. The third-order valence-corrected chi connectivity index (χ3v) is 7.16. The van der Waals surface area contributed by atoms with E-state index in [2.05, 4.69) is 14.5 Å². The first-order valence-corrected chi connectivity index (χ1v) is 13.0. The Hall–Kier alpha value is -3.22. The maximum atomic E-state index is 14.5. The largest absolute Gasteiger partial charge is 0.494 e. The fourth-order valence-corrected chi connectivity index (χ4v) is 4.67. The van der Waals surface area contributed by atoms with Gasteiger partial charge in [0.1, 0.15) is 6.04 Å². The van der Waals surface area contributed by atoms with Crippen LogP contribution >= 0.6 is 19.4 Å². The van der Waals surface area contributed by atoms with Crippen LogP contribution in [0.3, 0.4) is 0 Å². The van der Waals surface area contributed by atoms with E-state index in [1.165, 1.54) is 35.2 Å². The van der Waals surface area contributed by atoms with E-state index in [0.717, 1.165) is 19.2 Å². The van der Waals surface area contributed by atoms with Gasteiger partial charge in [0, 0.05) is 42.8 Å². The summed E-state index contributed by atoms with van der Waals surface area (Å²) in [4.78, 5) is 60.8. The van der Waals surface area contributed by atoms with Gasteiger partial charge in [0.25, 0.3) is 23.6 Å². The predicted molar refractivity (Wildman–Crippen MR) is 126 cm³/mol. The number of nitrogens with zero attached hydrogens (tertiary/aromatic N) is 2. The molecule has 0 aliphatic carbocycles. The maximum Gasteiger partial charge on any atom is 0.494 e. The summed E-state index contributed by atoms with van der Waals surface area (Å²) in [5.74, 6) is -7.73.